The average Bonchev–Trinajstić information content (AvgIpc) is 2.75. The van der Waals surface area contributed by atoms with Crippen LogP contribution in [-0.2, 0) is 6.42 Å². The Hall–Kier alpha value is -1.27. The van der Waals surface area contributed by atoms with Crippen molar-refractivity contribution in [3.05, 3.63) is 46.2 Å². The van der Waals surface area contributed by atoms with Crippen LogP contribution in [0.5, 0.6) is 0 Å². The maximum absolute atomic E-state index is 12.9. The molecule has 6 heteroatoms. The van der Waals surface area contributed by atoms with Gasteiger partial charge >= 0.3 is 0 Å². The molecule has 0 aliphatic heterocycles. The highest BCUT2D eigenvalue weighted by atomic mass is 79.9. The van der Waals surface area contributed by atoms with Crippen molar-refractivity contribution < 1.29 is 4.39 Å². The fourth-order valence-corrected chi connectivity index (χ4v) is 1.93. The van der Waals surface area contributed by atoms with Crippen molar-refractivity contribution in [2.24, 2.45) is 5.73 Å². The quantitative estimate of drug-likeness (QED) is 0.905. The summed E-state index contributed by atoms with van der Waals surface area (Å²) in [5.41, 5.74) is 6.87. The highest BCUT2D eigenvalue weighted by Crippen LogP contribution is 2.22. The molecule has 84 valence electrons. The maximum Gasteiger partial charge on any atom is 0.141 e. The van der Waals surface area contributed by atoms with Crippen molar-refractivity contribution in [1.29, 1.82) is 0 Å². The van der Waals surface area contributed by atoms with Crippen molar-refractivity contribution >= 4 is 15.9 Å². The minimum absolute atomic E-state index is 0.274. The first-order valence-corrected chi connectivity index (χ1v) is 5.51. The zero-order valence-electron chi connectivity index (χ0n) is 8.32. The Labute approximate surface area is 100 Å². The second-order valence-corrected chi connectivity index (χ2v) is 4.27. The molecule has 0 spiro atoms. The largest absolute Gasteiger partial charge is 0.321 e. The molecular weight excluding hydrogens is 275 g/mol. The topological polar surface area (TPSA) is 67.6 Å². The highest BCUT2D eigenvalue weighted by molar-refractivity contribution is 9.10. The van der Waals surface area contributed by atoms with Crippen LogP contribution in [0.2, 0.25) is 0 Å². The third-order valence-corrected chi connectivity index (χ3v) is 2.98. The van der Waals surface area contributed by atoms with Crippen LogP contribution in [-0.4, -0.2) is 15.2 Å². The lowest BCUT2D eigenvalue weighted by Crippen LogP contribution is -2.15. The molecule has 2 aromatic rings. The predicted octanol–water partition coefficient (Wildman–Crippen LogP) is 1.95. The lowest BCUT2D eigenvalue weighted by atomic mass is 10.1. The maximum atomic E-state index is 12.9. The molecule has 0 saturated heterocycles. The van der Waals surface area contributed by atoms with Gasteiger partial charge in [-0.3, -0.25) is 5.10 Å². The van der Waals surface area contributed by atoms with E-state index in [0.717, 1.165) is 5.56 Å². The van der Waals surface area contributed by atoms with Crippen molar-refractivity contribution in [2.45, 2.75) is 12.5 Å². The fraction of sp³-hybridized carbons (Fsp3) is 0.200. The van der Waals surface area contributed by atoms with Gasteiger partial charge in [-0.1, -0.05) is 22.0 Å². The number of hydrogen-bond donors (Lipinski definition) is 2. The van der Waals surface area contributed by atoms with Crippen LogP contribution in [0.1, 0.15) is 17.4 Å². The number of rotatable bonds is 3. The Bertz CT molecular complexity index is 472. The van der Waals surface area contributed by atoms with Gasteiger partial charge in [0.05, 0.1) is 6.04 Å². The number of halogens is 2. The lowest BCUT2D eigenvalue weighted by Gasteiger charge is -2.09. The normalized spacial score (nSPS) is 12.7. The molecule has 0 aliphatic carbocycles. The third kappa shape index (κ3) is 2.45. The van der Waals surface area contributed by atoms with Crippen LogP contribution >= 0.6 is 15.9 Å². The van der Waals surface area contributed by atoms with Crippen LogP contribution in [0.25, 0.3) is 0 Å². The van der Waals surface area contributed by atoms with E-state index in [-0.39, 0.29) is 11.9 Å². The molecule has 1 atom stereocenters. The van der Waals surface area contributed by atoms with Crippen LogP contribution in [0.15, 0.2) is 29.0 Å². The average molecular weight is 285 g/mol. The molecule has 1 aromatic heterocycles. The van der Waals surface area contributed by atoms with E-state index in [1.165, 1.54) is 18.5 Å². The number of benzene rings is 1. The second-order valence-electron chi connectivity index (χ2n) is 3.42. The number of hydrogen-bond acceptors (Lipinski definition) is 3. The molecule has 0 amide bonds. The first kappa shape index (κ1) is 11.2. The number of aromatic nitrogens is 3. The van der Waals surface area contributed by atoms with Gasteiger partial charge in [0, 0.05) is 4.47 Å². The standard InChI is InChI=1S/C10H10BrFN4/c11-8-4-7(12)2-1-6(8)3-9(13)10-14-5-15-16-10/h1-2,4-5,9H,3,13H2,(H,14,15,16). The number of nitrogens with two attached hydrogens (primary N) is 1. The minimum atomic E-state index is -0.274. The molecule has 1 aromatic carbocycles. The molecule has 0 saturated carbocycles. The molecule has 0 bridgehead atoms. The zero-order valence-corrected chi connectivity index (χ0v) is 9.91. The van der Waals surface area contributed by atoms with E-state index in [2.05, 4.69) is 31.1 Å². The van der Waals surface area contributed by atoms with Gasteiger partial charge in [0.2, 0.25) is 0 Å². The summed E-state index contributed by atoms with van der Waals surface area (Å²) in [6.45, 7) is 0. The Kier molecular flexibility index (Phi) is 3.31. The van der Waals surface area contributed by atoms with Crippen LogP contribution in [0.4, 0.5) is 4.39 Å². The molecule has 0 aliphatic rings. The molecule has 3 N–H and O–H groups in total. The van der Waals surface area contributed by atoms with Crippen molar-refractivity contribution in [3.8, 4) is 0 Å². The fourth-order valence-electron chi connectivity index (χ4n) is 1.41. The van der Waals surface area contributed by atoms with Gasteiger partial charge in [0.25, 0.3) is 0 Å². The van der Waals surface area contributed by atoms with E-state index in [0.29, 0.717) is 16.7 Å². The van der Waals surface area contributed by atoms with Gasteiger partial charge in [-0.05, 0) is 24.1 Å². The molecule has 16 heavy (non-hydrogen) atoms. The summed E-state index contributed by atoms with van der Waals surface area (Å²) in [6, 6.07) is 4.26. The zero-order chi connectivity index (χ0) is 11.5. The van der Waals surface area contributed by atoms with E-state index in [1.54, 1.807) is 6.07 Å². The van der Waals surface area contributed by atoms with E-state index in [9.17, 15) is 4.39 Å². The summed E-state index contributed by atoms with van der Waals surface area (Å²) >= 11 is 3.30. The number of H-pyrrole nitrogens is 1. The minimum Gasteiger partial charge on any atom is -0.321 e. The number of nitrogens with one attached hydrogen (secondary N) is 1. The highest BCUT2D eigenvalue weighted by Gasteiger charge is 2.12. The van der Waals surface area contributed by atoms with Crippen molar-refractivity contribution in [3.63, 3.8) is 0 Å². The summed E-state index contributed by atoms with van der Waals surface area (Å²) in [6.07, 6.45) is 1.98. The number of nitrogens with zero attached hydrogens (tertiary/aromatic N) is 2. The van der Waals surface area contributed by atoms with Gasteiger partial charge in [-0.15, -0.1) is 0 Å². The van der Waals surface area contributed by atoms with Crippen molar-refractivity contribution in [1.82, 2.24) is 15.2 Å². The van der Waals surface area contributed by atoms with Crippen LogP contribution in [0, 0.1) is 5.82 Å². The molecule has 4 nitrogen and oxygen atoms in total. The predicted molar refractivity (Wildman–Crippen MR) is 61.1 cm³/mol. The van der Waals surface area contributed by atoms with Crippen LogP contribution < -0.4 is 5.73 Å². The lowest BCUT2D eigenvalue weighted by molar-refractivity contribution is 0.622. The SMILES string of the molecule is NC(Cc1ccc(F)cc1Br)c1ncn[nH]1. The van der Waals surface area contributed by atoms with E-state index in [1.807, 2.05) is 0 Å². The molecular formula is C10H10BrFN4. The summed E-state index contributed by atoms with van der Waals surface area (Å²) in [4.78, 5) is 3.98. The summed E-state index contributed by atoms with van der Waals surface area (Å²) in [5, 5.41) is 6.45. The molecule has 2 rings (SSSR count). The second kappa shape index (κ2) is 4.71. The molecule has 0 radical (unpaired) electrons. The summed E-state index contributed by atoms with van der Waals surface area (Å²) in [7, 11) is 0. The summed E-state index contributed by atoms with van der Waals surface area (Å²) < 4.78 is 13.6. The Morgan fingerprint density at radius 2 is 2.31 bits per heavy atom. The monoisotopic (exact) mass is 284 g/mol. The third-order valence-electron chi connectivity index (χ3n) is 2.24. The number of aromatic amines is 1. The van der Waals surface area contributed by atoms with Gasteiger partial charge in [-0.25, -0.2) is 9.37 Å². The van der Waals surface area contributed by atoms with Gasteiger partial charge in [-0.2, -0.15) is 5.10 Å². The Balaban J connectivity index is 2.15. The van der Waals surface area contributed by atoms with Crippen molar-refractivity contribution in [2.75, 3.05) is 0 Å². The first-order chi connectivity index (χ1) is 7.66. The Morgan fingerprint density at radius 3 is 2.94 bits per heavy atom. The van der Waals surface area contributed by atoms with Gasteiger partial charge in [0.15, 0.2) is 0 Å². The first-order valence-electron chi connectivity index (χ1n) is 4.71. The molecule has 0 fully saturated rings. The van der Waals surface area contributed by atoms with E-state index >= 15 is 0 Å². The van der Waals surface area contributed by atoms with Gasteiger partial charge in [0.1, 0.15) is 18.0 Å². The molecule has 1 heterocycles. The smallest absolute Gasteiger partial charge is 0.141 e. The Morgan fingerprint density at radius 1 is 1.50 bits per heavy atom. The van der Waals surface area contributed by atoms with E-state index in [4.69, 9.17) is 5.73 Å². The van der Waals surface area contributed by atoms with E-state index < -0.39 is 0 Å². The van der Waals surface area contributed by atoms with Gasteiger partial charge < -0.3 is 5.73 Å². The molecule has 1 unspecified atom stereocenters. The summed E-state index contributed by atoms with van der Waals surface area (Å²) in [5.74, 6) is 0.347. The van der Waals surface area contributed by atoms with Crippen LogP contribution in [0.3, 0.4) is 0 Å².